The number of aromatic nitrogens is 2. The van der Waals surface area contributed by atoms with Crippen molar-refractivity contribution in [1.82, 2.24) is 9.97 Å². The number of hydrogen-bond donors (Lipinski definition) is 2. The fourth-order valence-electron chi connectivity index (χ4n) is 2.84. The number of nitrogens with zero attached hydrogens (tertiary/aromatic N) is 3. The molecule has 0 aliphatic carbocycles. The molecule has 0 bridgehead atoms. The largest absolute Gasteiger partial charge is 0.496 e. The van der Waals surface area contributed by atoms with Gasteiger partial charge in [0, 0.05) is 12.1 Å². The van der Waals surface area contributed by atoms with Crippen LogP contribution in [0.3, 0.4) is 0 Å². The van der Waals surface area contributed by atoms with E-state index in [-0.39, 0.29) is 36.2 Å². The van der Waals surface area contributed by atoms with Gasteiger partial charge < -0.3 is 24.6 Å². The number of anilines is 2. The summed E-state index contributed by atoms with van der Waals surface area (Å²) in [7, 11) is 4.51. The third-order valence-corrected chi connectivity index (χ3v) is 4.14. The molecule has 1 aliphatic rings. The van der Waals surface area contributed by atoms with Crippen molar-refractivity contribution in [3.8, 4) is 17.2 Å². The van der Waals surface area contributed by atoms with Gasteiger partial charge in [-0.25, -0.2) is 14.8 Å². The molecule has 0 spiro atoms. The third-order valence-electron chi connectivity index (χ3n) is 4.14. The summed E-state index contributed by atoms with van der Waals surface area (Å²) in [6.07, 6.45) is 1.11. The number of hydrogen-bond acceptors (Lipinski definition) is 8. The molecule has 2 N–H and O–H groups in total. The van der Waals surface area contributed by atoms with E-state index in [1.54, 1.807) is 12.1 Å². The smallest absolute Gasteiger partial charge is 0.356 e. The van der Waals surface area contributed by atoms with Gasteiger partial charge in [-0.05, 0) is 0 Å². The second-order valence-corrected chi connectivity index (χ2v) is 5.57. The van der Waals surface area contributed by atoms with Crippen LogP contribution in [-0.2, 0) is 11.3 Å². The van der Waals surface area contributed by atoms with Gasteiger partial charge in [-0.2, -0.15) is 0 Å². The Labute approximate surface area is 154 Å². The average Bonchev–Trinajstić information content (AvgIpc) is 2.69. The lowest BCUT2D eigenvalue weighted by Crippen LogP contribution is -2.41. The van der Waals surface area contributed by atoms with Crippen LogP contribution in [0.25, 0.3) is 0 Å². The lowest BCUT2D eigenvalue weighted by Gasteiger charge is -2.30. The maximum absolute atomic E-state index is 12.5. The van der Waals surface area contributed by atoms with Crippen molar-refractivity contribution in [2.45, 2.75) is 6.54 Å². The first kappa shape index (κ1) is 18.2. The summed E-state index contributed by atoms with van der Waals surface area (Å²) >= 11 is 0. The zero-order chi connectivity index (χ0) is 19.6. The summed E-state index contributed by atoms with van der Waals surface area (Å²) in [6.45, 7) is -0.0125. The number of ether oxygens (including phenoxy) is 3. The molecule has 10 nitrogen and oxygen atoms in total. The quantitative estimate of drug-likeness (QED) is 0.766. The van der Waals surface area contributed by atoms with Crippen molar-refractivity contribution in [3.05, 3.63) is 29.7 Å². The maximum Gasteiger partial charge on any atom is 0.356 e. The monoisotopic (exact) mass is 374 g/mol. The number of methoxy groups -OCH3 is 3. The zero-order valence-electron chi connectivity index (χ0n) is 15.0. The second kappa shape index (κ2) is 7.36. The van der Waals surface area contributed by atoms with Crippen molar-refractivity contribution in [1.29, 1.82) is 0 Å². The Morgan fingerprint density at radius 1 is 1.19 bits per heavy atom. The molecule has 0 saturated heterocycles. The number of carboxylic acid groups (broad SMARTS) is 1. The van der Waals surface area contributed by atoms with Crippen LogP contribution in [0.2, 0.25) is 0 Å². The average molecular weight is 374 g/mol. The molecule has 2 aromatic rings. The number of carbonyl (C=O) groups excluding carboxylic acids is 1. The van der Waals surface area contributed by atoms with Crippen LogP contribution in [0.5, 0.6) is 17.2 Å². The molecule has 10 heteroatoms. The molecule has 3 rings (SSSR count). The number of rotatable bonds is 6. The zero-order valence-corrected chi connectivity index (χ0v) is 15.0. The Bertz CT molecular complexity index is 876. The first-order valence-corrected chi connectivity index (χ1v) is 7.91. The van der Waals surface area contributed by atoms with Crippen molar-refractivity contribution in [2.75, 3.05) is 38.1 Å². The van der Waals surface area contributed by atoms with E-state index >= 15 is 0 Å². The lowest BCUT2D eigenvalue weighted by atomic mass is 10.1. The number of nitrogens with one attached hydrogen (secondary N) is 1. The minimum Gasteiger partial charge on any atom is -0.496 e. The van der Waals surface area contributed by atoms with Gasteiger partial charge in [0.2, 0.25) is 5.91 Å². The van der Waals surface area contributed by atoms with Crippen molar-refractivity contribution < 1.29 is 28.9 Å². The van der Waals surface area contributed by atoms with Crippen LogP contribution >= 0.6 is 0 Å². The van der Waals surface area contributed by atoms with Crippen molar-refractivity contribution >= 4 is 23.4 Å². The van der Waals surface area contributed by atoms with Crippen LogP contribution in [0, 0.1) is 0 Å². The van der Waals surface area contributed by atoms with E-state index in [0.717, 1.165) is 6.33 Å². The van der Waals surface area contributed by atoms with E-state index in [1.165, 1.54) is 26.2 Å². The van der Waals surface area contributed by atoms with Crippen LogP contribution in [0.4, 0.5) is 11.5 Å². The lowest BCUT2D eigenvalue weighted by molar-refractivity contribution is -0.117. The van der Waals surface area contributed by atoms with E-state index in [1.807, 2.05) is 0 Å². The molecule has 1 aromatic carbocycles. The second-order valence-electron chi connectivity index (χ2n) is 5.57. The van der Waals surface area contributed by atoms with Gasteiger partial charge in [0.25, 0.3) is 0 Å². The summed E-state index contributed by atoms with van der Waals surface area (Å²) in [6, 6.07) is 3.35. The summed E-state index contributed by atoms with van der Waals surface area (Å²) in [4.78, 5) is 33.2. The van der Waals surface area contributed by atoms with E-state index in [9.17, 15) is 14.7 Å². The minimum absolute atomic E-state index is 0.0694. The van der Waals surface area contributed by atoms with Crippen LogP contribution < -0.4 is 24.4 Å². The van der Waals surface area contributed by atoms with Gasteiger partial charge in [0.05, 0.1) is 40.0 Å². The Hall–Kier alpha value is -3.56. The molecule has 0 radical (unpaired) electrons. The normalized spacial score (nSPS) is 12.9. The number of amides is 1. The maximum atomic E-state index is 12.5. The van der Waals surface area contributed by atoms with Gasteiger partial charge in [-0.3, -0.25) is 9.69 Å². The highest BCUT2D eigenvalue weighted by Crippen LogP contribution is 2.37. The molecule has 27 heavy (non-hydrogen) atoms. The Balaban J connectivity index is 2.08. The highest BCUT2D eigenvalue weighted by molar-refractivity contribution is 6.05. The van der Waals surface area contributed by atoms with E-state index in [0.29, 0.717) is 22.8 Å². The van der Waals surface area contributed by atoms with Crippen LogP contribution in [-0.4, -0.2) is 54.8 Å². The summed E-state index contributed by atoms with van der Waals surface area (Å²) in [5.41, 5.74) is 0.583. The first-order valence-electron chi connectivity index (χ1n) is 7.91. The molecule has 1 aliphatic heterocycles. The summed E-state index contributed by atoms with van der Waals surface area (Å²) in [5.74, 6) is 0.152. The van der Waals surface area contributed by atoms with Gasteiger partial charge >= 0.3 is 5.97 Å². The number of benzene rings is 1. The van der Waals surface area contributed by atoms with E-state index < -0.39 is 5.97 Å². The predicted octanol–water partition coefficient (Wildman–Crippen LogP) is 1.16. The van der Waals surface area contributed by atoms with Crippen molar-refractivity contribution in [2.24, 2.45) is 0 Å². The van der Waals surface area contributed by atoms with Gasteiger partial charge in [0.15, 0.2) is 11.5 Å². The molecular formula is C17H18N4O6. The third kappa shape index (κ3) is 3.28. The Morgan fingerprint density at radius 3 is 2.41 bits per heavy atom. The van der Waals surface area contributed by atoms with Crippen LogP contribution in [0.1, 0.15) is 16.1 Å². The fourth-order valence-corrected chi connectivity index (χ4v) is 2.84. The predicted molar refractivity (Wildman–Crippen MR) is 94.8 cm³/mol. The molecule has 0 fully saturated rings. The SMILES string of the molecule is COc1cc(OC)c(CN2C(=O)CNc3c(C(=O)O)ncnc32)c(OC)c1. The molecule has 0 saturated carbocycles. The minimum atomic E-state index is -1.21. The number of carbonyl (C=O) groups is 2. The molecule has 1 aromatic heterocycles. The highest BCUT2D eigenvalue weighted by Gasteiger charge is 2.31. The molecule has 0 unspecified atom stereocenters. The van der Waals surface area contributed by atoms with E-state index in [4.69, 9.17) is 14.2 Å². The Kier molecular flexibility index (Phi) is 4.97. The van der Waals surface area contributed by atoms with Gasteiger partial charge in [-0.1, -0.05) is 0 Å². The highest BCUT2D eigenvalue weighted by atomic mass is 16.5. The van der Waals surface area contributed by atoms with Crippen molar-refractivity contribution in [3.63, 3.8) is 0 Å². The molecular weight excluding hydrogens is 356 g/mol. The standard InChI is InChI=1S/C17H18N4O6/c1-25-9-4-11(26-2)10(12(5-9)27-3)7-21-13(22)6-18-14-15(17(23)24)19-8-20-16(14)21/h4-5,8,18H,6-7H2,1-3H3,(H,23,24). The topological polar surface area (TPSA) is 123 Å². The number of fused-ring (bicyclic) bond motifs is 1. The fraction of sp³-hybridized carbons (Fsp3) is 0.294. The molecule has 0 atom stereocenters. The molecule has 1 amide bonds. The molecule has 2 heterocycles. The van der Waals surface area contributed by atoms with Gasteiger partial charge in [-0.15, -0.1) is 0 Å². The van der Waals surface area contributed by atoms with E-state index in [2.05, 4.69) is 15.3 Å². The summed E-state index contributed by atoms with van der Waals surface area (Å²) in [5, 5.41) is 12.1. The Morgan fingerprint density at radius 2 is 1.85 bits per heavy atom. The summed E-state index contributed by atoms with van der Waals surface area (Å²) < 4.78 is 16.1. The number of aromatic carboxylic acids is 1. The number of carboxylic acids is 1. The first-order chi connectivity index (χ1) is 13.0. The van der Waals surface area contributed by atoms with Gasteiger partial charge in [0.1, 0.15) is 29.3 Å². The molecule has 142 valence electrons. The van der Waals surface area contributed by atoms with Crippen LogP contribution in [0.15, 0.2) is 18.5 Å².